The third-order valence-electron chi connectivity index (χ3n) is 2.92. The molecule has 21 heavy (non-hydrogen) atoms. The smallest absolute Gasteiger partial charge is 0.243 e. The molecule has 0 aliphatic carbocycles. The highest BCUT2D eigenvalue weighted by Crippen LogP contribution is 2.28. The first-order valence-electron chi connectivity index (χ1n) is 6.14. The van der Waals surface area contributed by atoms with E-state index >= 15 is 0 Å². The van der Waals surface area contributed by atoms with Gasteiger partial charge in [0.05, 0.1) is 8.68 Å². The number of anilines is 1. The van der Waals surface area contributed by atoms with Crippen LogP contribution < -0.4 is 5.73 Å². The van der Waals surface area contributed by atoms with Crippen molar-refractivity contribution >= 4 is 58.9 Å². The van der Waals surface area contributed by atoms with Gasteiger partial charge >= 0.3 is 0 Å². The molecule has 114 valence electrons. The Morgan fingerprint density at radius 3 is 2.48 bits per heavy atom. The molecule has 1 heterocycles. The van der Waals surface area contributed by atoms with Crippen LogP contribution in [0.4, 0.5) is 5.69 Å². The lowest BCUT2D eigenvalue weighted by Gasteiger charge is -2.20. The SMILES string of the molecule is CCN(Cc1ccc(Br)s1)S(=O)(=O)c1ccc(Br)c(N)c1. The second kappa shape index (κ2) is 6.78. The van der Waals surface area contributed by atoms with Gasteiger partial charge < -0.3 is 5.73 Å². The van der Waals surface area contributed by atoms with Gasteiger partial charge in [-0.2, -0.15) is 4.31 Å². The summed E-state index contributed by atoms with van der Waals surface area (Å²) in [7, 11) is -3.56. The molecule has 0 spiro atoms. The first kappa shape index (κ1) is 17.0. The lowest BCUT2D eigenvalue weighted by Crippen LogP contribution is -2.30. The Morgan fingerprint density at radius 2 is 1.95 bits per heavy atom. The average molecular weight is 454 g/mol. The van der Waals surface area contributed by atoms with Crippen molar-refractivity contribution in [1.82, 2.24) is 4.31 Å². The van der Waals surface area contributed by atoms with Gasteiger partial charge in [-0.3, -0.25) is 0 Å². The van der Waals surface area contributed by atoms with Crippen molar-refractivity contribution in [2.75, 3.05) is 12.3 Å². The van der Waals surface area contributed by atoms with E-state index in [0.29, 0.717) is 23.2 Å². The fourth-order valence-electron chi connectivity index (χ4n) is 1.81. The number of thiophene rings is 1. The molecule has 0 saturated heterocycles. The Labute approximate surface area is 145 Å². The molecule has 0 amide bonds. The topological polar surface area (TPSA) is 63.4 Å². The molecule has 1 aromatic carbocycles. The van der Waals surface area contributed by atoms with E-state index in [4.69, 9.17) is 5.73 Å². The van der Waals surface area contributed by atoms with Crippen molar-refractivity contribution in [3.63, 3.8) is 0 Å². The van der Waals surface area contributed by atoms with E-state index in [0.717, 1.165) is 8.66 Å². The van der Waals surface area contributed by atoms with Gasteiger partial charge in [0.1, 0.15) is 0 Å². The van der Waals surface area contributed by atoms with Gasteiger partial charge in [-0.1, -0.05) is 6.92 Å². The molecule has 2 aromatic rings. The number of rotatable bonds is 5. The summed E-state index contributed by atoms with van der Waals surface area (Å²) >= 11 is 8.18. The quantitative estimate of drug-likeness (QED) is 0.694. The van der Waals surface area contributed by atoms with E-state index in [1.807, 2.05) is 19.1 Å². The van der Waals surface area contributed by atoms with Crippen molar-refractivity contribution in [1.29, 1.82) is 0 Å². The first-order valence-corrected chi connectivity index (χ1v) is 9.98. The maximum Gasteiger partial charge on any atom is 0.243 e. The second-order valence-electron chi connectivity index (χ2n) is 4.32. The number of nitrogens with zero attached hydrogens (tertiary/aromatic N) is 1. The van der Waals surface area contributed by atoms with Crippen LogP contribution in [0.15, 0.2) is 43.5 Å². The molecule has 4 nitrogen and oxygen atoms in total. The fraction of sp³-hybridized carbons (Fsp3) is 0.231. The van der Waals surface area contributed by atoms with E-state index < -0.39 is 10.0 Å². The van der Waals surface area contributed by atoms with Crippen molar-refractivity contribution in [3.8, 4) is 0 Å². The number of hydrogen-bond acceptors (Lipinski definition) is 4. The van der Waals surface area contributed by atoms with Crippen LogP contribution in [-0.4, -0.2) is 19.3 Å². The second-order valence-corrected chi connectivity index (χ2v) is 9.66. The Kier molecular flexibility index (Phi) is 5.48. The van der Waals surface area contributed by atoms with Crippen LogP contribution in [0.1, 0.15) is 11.8 Å². The zero-order valence-corrected chi connectivity index (χ0v) is 16.0. The Morgan fingerprint density at radius 1 is 1.24 bits per heavy atom. The molecule has 8 heteroatoms. The molecular weight excluding hydrogens is 440 g/mol. The van der Waals surface area contributed by atoms with Crippen LogP contribution in [-0.2, 0) is 16.6 Å². The third-order valence-corrected chi connectivity index (χ3v) is 7.17. The number of nitrogens with two attached hydrogens (primary N) is 1. The van der Waals surface area contributed by atoms with Crippen LogP contribution in [0.2, 0.25) is 0 Å². The van der Waals surface area contributed by atoms with E-state index in [-0.39, 0.29) is 4.90 Å². The van der Waals surface area contributed by atoms with Crippen LogP contribution in [0.25, 0.3) is 0 Å². The molecule has 0 atom stereocenters. The number of hydrogen-bond donors (Lipinski definition) is 1. The molecule has 0 unspecified atom stereocenters. The van der Waals surface area contributed by atoms with Crippen LogP contribution in [0.3, 0.4) is 0 Å². The minimum atomic E-state index is -3.56. The van der Waals surface area contributed by atoms with Crippen LogP contribution >= 0.6 is 43.2 Å². The number of benzene rings is 1. The largest absolute Gasteiger partial charge is 0.398 e. The molecule has 1 aromatic heterocycles. The number of sulfonamides is 1. The fourth-order valence-corrected chi connectivity index (χ4v) is 5.10. The van der Waals surface area contributed by atoms with E-state index in [9.17, 15) is 8.42 Å². The standard InChI is InChI=1S/C13H14Br2N2O2S2/c1-2-17(8-9-3-6-13(15)20-9)21(18,19)10-4-5-11(14)12(16)7-10/h3-7H,2,8,16H2,1H3. The minimum Gasteiger partial charge on any atom is -0.398 e. The van der Waals surface area contributed by atoms with Crippen molar-refractivity contribution in [2.24, 2.45) is 0 Å². The number of halogens is 2. The summed E-state index contributed by atoms with van der Waals surface area (Å²) in [6.45, 7) is 2.57. The summed E-state index contributed by atoms with van der Waals surface area (Å²) in [6, 6.07) is 8.52. The van der Waals surface area contributed by atoms with Crippen molar-refractivity contribution < 1.29 is 8.42 Å². The summed E-state index contributed by atoms with van der Waals surface area (Å²) in [5, 5.41) is 0. The van der Waals surface area contributed by atoms with Gasteiger partial charge in [-0.15, -0.1) is 11.3 Å². The predicted molar refractivity (Wildman–Crippen MR) is 93.8 cm³/mol. The van der Waals surface area contributed by atoms with Crippen molar-refractivity contribution in [3.05, 3.63) is 43.5 Å². The number of nitrogen functional groups attached to an aromatic ring is 1. The summed E-state index contributed by atoms with van der Waals surface area (Å²) in [5.74, 6) is 0. The lowest BCUT2D eigenvalue weighted by atomic mass is 10.3. The molecule has 0 bridgehead atoms. The van der Waals surface area contributed by atoms with E-state index in [1.165, 1.54) is 21.7 Å². The summed E-state index contributed by atoms with van der Waals surface area (Å²) in [5.41, 5.74) is 6.19. The average Bonchev–Trinajstić information content (AvgIpc) is 2.84. The Hall–Kier alpha value is -0.410. The van der Waals surface area contributed by atoms with Gasteiger partial charge in [0, 0.05) is 28.1 Å². The van der Waals surface area contributed by atoms with Crippen LogP contribution in [0.5, 0.6) is 0 Å². The van der Waals surface area contributed by atoms with Gasteiger partial charge in [-0.25, -0.2) is 8.42 Å². The molecule has 0 radical (unpaired) electrons. The molecule has 0 saturated carbocycles. The zero-order valence-electron chi connectivity index (χ0n) is 11.2. The molecule has 0 fully saturated rings. The monoisotopic (exact) mass is 452 g/mol. The van der Waals surface area contributed by atoms with Gasteiger partial charge in [0.25, 0.3) is 0 Å². The predicted octanol–water partition coefficient (Wildman–Crippen LogP) is 4.07. The highest BCUT2D eigenvalue weighted by molar-refractivity contribution is 9.11. The van der Waals surface area contributed by atoms with E-state index in [1.54, 1.807) is 12.1 Å². The summed E-state index contributed by atoms with van der Waals surface area (Å²) in [6.07, 6.45) is 0. The maximum absolute atomic E-state index is 12.7. The van der Waals surface area contributed by atoms with Gasteiger partial charge in [0.15, 0.2) is 0 Å². The maximum atomic E-state index is 12.7. The zero-order chi connectivity index (χ0) is 15.6. The molecule has 0 aliphatic heterocycles. The normalized spacial score (nSPS) is 12.0. The minimum absolute atomic E-state index is 0.209. The Bertz CT molecular complexity index is 744. The molecular formula is C13H14Br2N2O2S2. The van der Waals surface area contributed by atoms with Gasteiger partial charge in [-0.05, 0) is 62.2 Å². The van der Waals surface area contributed by atoms with E-state index in [2.05, 4.69) is 31.9 Å². The summed E-state index contributed by atoms with van der Waals surface area (Å²) in [4.78, 5) is 1.19. The molecule has 2 rings (SSSR count). The first-order chi connectivity index (χ1) is 9.84. The highest BCUT2D eigenvalue weighted by Gasteiger charge is 2.24. The van der Waals surface area contributed by atoms with Gasteiger partial charge in [0.2, 0.25) is 10.0 Å². The van der Waals surface area contributed by atoms with Crippen LogP contribution in [0, 0.1) is 0 Å². The third kappa shape index (κ3) is 3.87. The Balaban J connectivity index is 2.32. The lowest BCUT2D eigenvalue weighted by molar-refractivity contribution is 0.426. The van der Waals surface area contributed by atoms with Crippen molar-refractivity contribution in [2.45, 2.75) is 18.4 Å². The molecule has 2 N–H and O–H groups in total. The molecule has 0 aliphatic rings. The highest BCUT2D eigenvalue weighted by atomic mass is 79.9. The summed E-state index contributed by atoms with van der Waals surface area (Å²) < 4.78 is 28.5.